The molecule has 172 valence electrons. The first kappa shape index (κ1) is 24.5. The third-order valence-corrected chi connectivity index (χ3v) is 7.59. The molecule has 4 rings (SSSR count). The molecule has 2 heterocycles. The molecular formula is C23H20I2N2O5S. The van der Waals surface area contributed by atoms with Crippen LogP contribution in [0.3, 0.4) is 0 Å². The van der Waals surface area contributed by atoms with E-state index in [1.807, 2.05) is 42.5 Å². The van der Waals surface area contributed by atoms with Gasteiger partial charge in [0.05, 0.1) is 25.3 Å². The number of thioether (sulfide) groups is 1. The molecule has 2 aromatic carbocycles. The molecule has 33 heavy (non-hydrogen) atoms. The van der Waals surface area contributed by atoms with E-state index in [0.29, 0.717) is 37.8 Å². The van der Waals surface area contributed by atoms with Crippen LogP contribution in [0.2, 0.25) is 0 Å². The van der Waals surface area contributed by atoms with Crippen LogP contribution in [0.1, 0.15) is 11.1 Å². The summed E-state index contributed by atoms with van der Waals surface area (Å²) in [5.41, 5.74) is 1.87. The maximum Gasteiger partial charge on any atom is 0.294 e. The Morgan fingerprint density at radius 2 is 1.76 bits per heavy atom. The lowest BCUT2D eigenvalue weighted by Gasteiger charge is -2.28. The van der Waals surface area contributed by atoms with Gasteiger partial charge < -0.3 is 14.4 Å². The Hall–Kier alpha value is -1.64. The summed E-state index contributed by atoms with van der Waals surface area (Å²) in [5, 5.41) is -0.430. The number of halogens is 2. The van der Waals surface area contributed by atoms with Gasteiger partial charge in [0.2, 0.25) is 5.91 Å². The highest BCUT2D eigenvalue weighted by Crippen LogP contribution is 2.35. The SMILES string of the molecule is O=C(CN1C(=O)S/C(=C\c2cc(I)c(OCc3ccccc3)c(I)c2)C1=O)N1CCOCC1. The number of ether oxygens (including phenoxy) is 2. The Bertz CT molecular complexity index is 1080. The second kappa shape index (κ2) is 11.2. The summed E-state index contributed by atoms with van der Waals surface area (Å²) in [6, 6.07) is 13.7. The van der Waals surface area contributed by atoms with Crippen LogP contribution in [0.4, 0.5) is 4.79 Å². The quantitative estimate of drug-likeness (QED) is 0.332. The Morgan fingerprint density at radius 3 is 2.42 bits per heavy atom. The van der Waals surface area contributed by atoms with Gasteiger partial charge in [-0.05, 0) is 86.3 Å². The van der Waals surface area contributed by atoms with Crippen LogP contribution in [-0.4, -0.2) is 59.7 Å². The smallest absolute Gasteiger partial charge is 0.294 e. The average molecular weight is 690 g/mol. The zero-order valence-corrected chi connectivity index (χ0v) is 22.6. The van der Waals surface area contributed by atoms with Crippen molar-refractivity contribution >= 4 is 80.1 Å². The topological polar surface area (TPSA) is 76.2 Å². The first-order valence-electron chi connectivity index (χ1n) is 10.2. The van der Waals surface area contributed by atoms with Gasteiger partial charge >= 0.3 is 0 Å². The number of carbonyl (C=O) groups excluding carboxylic acids is 3. The van der Waals surface area contributed by atoms with Crippen LogP contribution in [0.15, 0.2) is 47.4 Å². The maximum absolute atomic E-state index is 12.8. The molecule has 0 unspecified atom stereocenters. The summed E-state index contributed by atoms with van der Waals surface area (Å²) < 4.78 is 13.1. The van der Waals surface area contributed by atoms with Gasteiger partial charge in [-0.15, -0.1) is 0 Å². The molecule has 0 aromatic heterocycles. The normalized spacial score (nSPS) is 17.7. The Labute approximate surface area is 223 Å². The first-order valence-corrected chi connectivity index (χ1v) is 13.2. The zero-order chi connectivity index (χ0) is 23.4. The van der Waals surface area contributed by atoms with Crippen molar-refractivity contribution < 1.29 is 23.9 Å². The van der Waals surface area contributed by atoms with E-state index in [9.17, 15) is 14.4 Å². The van der Waals surface area contributed by atoms with E-state index in [1.54, 1.807) is 11.0 Å². The number of carbonyl (C=O) groups is 3. The number of rotatable bonds is 6. The molecule has 2 aliphatic rings. The van der Waals surface area contributed by atoms with E-state index in [2.05, 4.69) is 45.2 Å². The molecule has 2 saturated heterocycles. The fourth-order valence-electron chi connectivity index (χ4n) is 3.37. The van der Waals surface area contributed by atoms with E-state index in [1.165, 1.54) is 0 Å². The van der Waals surface area contributed by atoms with Gasteiger partial charge in [0.25, 0.3) is 11.1 Å². The minimum atomic E-state index is -0.443. The van der Waals surface area contributed by atoms with Crippen LogP contribution in [0, 0.1) is 7.14 Å². The summed E-state index contributed by atoms with van der Waals surface area (Å²) in [7, 11) is 0. The standard InChI is InChI=1S/C23H20I2N2O5S/c24-17-10-16(11-18(25)21(17)32-14-15-4-2-1-3-5-15)12-19-22(29)27(23(30)33-19)13-20(28)26-6-8-31-9-7-26/h1-5,10-12H,6-9,13-14H2/b19-12-. The van der Waals surface area contributed by atoms with Crippen molar-refractivity contribution in [1.82, 2.24) is 9.80 Å². The summed E-state index contributed by atoms with van der Waals surface area (Å²) in [6.07, 6.45) is 1.69. The molecule has 3 amide bonds. The first-order chi connectivity index (χ1) is 15.9. The number of hydrogen-bond donors (Lipinski definition) is 0. The van der Waals surface area contributed by atoms with Crippen molar-refractivity contribution in [2.24, 2.45) is 0 Å². The fourth-order valence-corrected chi connectivity index (χ4v) is 6.33. The third-order valence-electron chi connectivity index (χ3n) is 5.08. The molecule has 0 radical (unpaired) electrons. The van der Waals surface area contributed by atoms with Gasteiger partial charge in [-0.2, -0.15) is 0 Å². The molecule has 0 N–H and O–H groups in total. The van der Waals surface area contributed by atoms with Gasteiger partial charge in [0.1, 0.15) is 18.9 Å². The lowest BCUT2D eigenvalue weighted by atomic mass is 10.2. The van der Waals surface area contributed by atoms with Crippen molar-refractivity contribution in [3.8, 4) is 5.75 Å². The minimum absolute atomic E-state index is 0.245. The second-order valence-corrected chi connectivity index (χ2v) is 10.7. The van der Waals surface area contributed by atoms with Crippen LogP contribution >= 0.6 is 56.9 Å². The molecular weight excluding hydrogens is 670 g/mol. The van der Waals surface area contributed by atoms with E-state index < -0.39 is 11.1 Å². The van der Waals surface area contributed by atoms with Gasteiger partial charge in [0, 0.05) is 13.1 Å². The molecule has 2 aliphatic heterocycles. The summed E-state index contributed by atoms with van der Waals surface area (Å²) >= 11 is 5.27. The number of imide groups is 1. The summed E-state index contributed by atoms with van der Waals surface area (Å²) in [4.78, 5) is 40.7. The Morgan fingerprint density at radius 1 is 1.09 bits per heavy atom. The van der Waals surface area contributed by atoms with Crippen LogP contribution in [0.25, 0.3) is 6.08 Å². The fraction of sp³-hybridized carbons (Fsp3) is 0.261. The largest absolute Gasteiger partial charge is 0.487 e. The van der Waals surface area contributed by atoms with E-state index >= 15 is 0 Å². The molecule has 0 atom stereocenters. The number of benzene rings is 2. The van der Waals surface area contributed by atoms with Gasteiger partial charge in [-0.1, -0.05) is 30.3 Å². The molecule has 0 bridgehead atoms. The average Bonchev–Trinajstić information content (AvgIpc) is 3.07. The van der Waals surface area contributed by atoms with Crippen LogP contribution < -0.4 is 4.74 Å². The second-order valence-electron chi connectivity index (χ2n) is 7.35. The van der Waals surface area contributed by atoms with Gasteiger partial charge in [-0.25, -0.2) is 0 Å². The van der Waals surface area contributed by atoms with Crippen molar-refractivity contribution in [1.29, 1.82) is 0 Å². The molecule has 0 spiro atoms. The Balaban J connectivity index is 1.45. The molecule has 10 heteroatoms. The highest BCUT2D eigenvalue weighted by atomic mass is 127. The van der Waals surface area contributed by atoms with Crippen LogP contribution in [0.5, 0.6) is 5.75 Å². The van der Waals surface area contributed by atoms with Crippen molar-refractivity contribution in [3.63, 3.8) is 0 Å². The minimum Gasteiger partial charge on any atom is -0.487 e. The number of morpholine rings is 1. The molecule has 0 saturated carbocycles. The lowest BCUT2D eigenvalue weighted by molar-refractivity contribution is -0.139. The van der Waals surface area contributed by atoms with Crippen molar-refractivity contribution in [2.75, 3.05) is 32.8 Å². The predicted octanol–water partition coefficient (Wildman–Crippen LogP) is 4.37. The zero-order valence-electron chi connectivity index (χ0n) is 17.5. The van der Waals surface area contributed by atoms with Crippen LogP contribution in [-0.2, 0) is 20.9 Å². The highest BCUT2D eigenvalue weighted by Gasteiger charge is 2.37. The number of hydrogen-bond acceptors (Lipinski definition) is 6. The molecule has 2 aromatic rings. The molecule has 2 fully saturated rings. The summed E-state index contributed by atoms with van der Waals surface area (Å²) in [5.74, 6) is 0.0910. The maximum atomic E-state index is 12.8. The highest BCUT2D eigenvalue weighted by molar-refractivity contribution is 14.1. The number of nitrogens with zero attached hydrogens (tertiary/aromatic N) is 2. The van der Waals surface area contributed by atoms with Gasteiger partial charge in [-0.3, -0.25) is 19.3 Å². The lowest BCUT2D eigenvalue weighted by Crippen LogP contribution is -2.46. The predicted molar refractivity (Wildman–Crippen MR) is 143 cm³/mol. The monoisotopic (exact) mass is 690 g/mol. The van der Waals surface area contributed by atoms with Crippen molar-refractivity contribution in [3.05, 3.63) is 65.6 Å². The molecule has 0 aliphatic carbocycles. The van der Waals surface area contributed by atoms with E-state index in [4.69, 9.17) is 9.47 Å². The summed E-state index contributed by atoms with van der Waals surface area (Å²) in [6.45, 7) is 2.10. The van der Waals surface area contributed by atoms with Crippen molar-refractivity contribution in [2.45, 2.75) is 6.61 Å². The third kappa shape index (κ3) is 6.08. The van der Waals surface area contributed by atoms with E-state index in [0.717, 1.165) is 40.7 Å². The van der Waals surface area contributed by atoms with E-state index in [-0.39, 0.29) is 12.5 Å². The molecule has 7 nitrogen and oxygen atoms in total. The Kier molecular flexibility index (Phi) is 8.30. The number of amides is 3. The van der Waals surface area contributed by atoms with Gasteiger partial charge in [0.15, 0.2) is 0 Å².